The van der Waals surface area contributed by atoms with E-state index in [1.807, 2.05) is 0 Å². The first-order valence-corrected chi connectivity index (χ1v) is 11.3. The van der Waals surface area contributed by atoms with E-state index in [1.54, 1.807) is 23.1 Å². The fourth-order valence-electron chi connectivity index (χ4n) is 3.88. The van der Waals surface area contributed by atoms with E-state index in [-0.39, 0.29) is 17.2 Å². The van der Waals surface area contributed by atoms with Crippen LogP contribution in [0.1, 0.15) is 43.0 Å². The van der Waals surface area contributed by atoms with E-state index in [2.05, 4.69) is 44.3 Å². The normalized spacial score (nSPS) is 17.8. The van der Waals surface area contributed by atoms with Crippen molar-refractivity contribution < 1.29 is 13.2 Å². The van der Waals surface area contributed by atoms with Gasteiger partial charge in [-0.2, -0.15) is 0 Å². The molecule has 2 aromatic carbocycles. The molecule has 0 atom stereocenters. The smallest absolute Gasteiger partial charge is 0.320 e. The number of carbonyl (C=O) groups excluding carboxylic acids is 1. The van der Waals surface area contributed by atoms with Crippen molar-refractivity contribution in [3.63, 3.8) is 0 Å². The molecule has 0 unspecified atom stereocenters. The van der Waals surface area contributed by atoms with Gasteiger partial charge in [0.15, 0.2) is 9.84 Å². The SMILES string of the molecule is CC(C)(C)c1ccc2c(c1)CN(C(=O)Nc1ccc3c(c1)S(=O)(=O)CC3)CC2. The lowest BCUT2D eigenvalue weighted by atomic mass is 9.84. The summed E-state index contributed by atoms with van der Waals surface area (Å²) >= 11 is 0. The number of nitrogens with zero attached hydrogens (tertiary/aromatic N) is 1. The topological polar surface area (TPSA) is 66.5 Å². The molecule has 0 aromatic heterocycles. The van der Waals surface area contributed by atoms with Gasteiger partial charge < -0.3 is 10.2 Å². The number of hydrogen-bond donors (Lipinski definition) is 1. The van der Waals surface area contributed by atoms with E-state index in [4.69, 9.17) is 0 Å². The fraction of sp³-hybridized carbons (Fsp3) is 0.409. The number of anilines is 1. The standard InChI is InChI=1S/C22H26N2O3S/c1-22(2,3)18-6-4-15-8-10-24(14-17(15)12-18)21(25)23-19-7-5-16-9-11-28(26,27)20(16)13-19/h4-7,12-13H,8-11,14H2,1-3H3,(H,23,25). The third kappa shape index (κ3) is 3.53. The van der Waals surface area contributed by atoms with Crippen molar-refractivity contribution in [2.45, 2.75) is 50.5 Å². The summed E-state index contributed by atoms with van der Waals surface area (Å²) in [6.45, 7) is 7.77. The van der Waals surface area contributed by atoms with Gasteiger partial charge in [0.2, 0.25) is 0 Å². The summed E-state index contributed by atoms with van der Waals surface area (Å²) in [6, 6.07) is 11.5. The van der Waals surface area contributed by atoms with E-state index in [0.29, 0.717) is 30.1 Å². The van der Waals surface area contributed by atoms with E-state index in [1.165, 1.54) is 16.7 Å². The monoisotopic (exact) mass is 398 g/mol. The molecule has 148 valence electrons. The van der Waals surface area contributed by atoms with Crippen LogP contribution in [-0.4, -0.2) is 31.6 Å². The highest BCUT2D eigenvalue weighted by Crippen LogP contribution is 2.30. The first-order chi connectivity index (χ1) is 13.1. The van der Waals surface area contributed by atoms with Gasteiger partial charge in [-0.05, 0) is 52.6 Å². The third-order valence-corrected chi connectivity index (χ3v) is 7.46. The summed E-state index contributed by atoms with van der Waals surface area (Å²) in [5, 5.41) is 2.88. The van der Waals surface area contributed by atoms with Gasteiger partial charge in [0.25, 0.3) is 0 Å². The molecular formula is C22H26N2O3S. The molecule has 28 heavy (non-hydrogen) atoms. The minimum atomic E-state index is -3.21. The Bertz CT molecular complexity index is 1050. The van der Waals surface area contributed by atoms with Crippen molar-refractivity contribution in [3.8, 4) is 0 Å². The Labute approximate surface area is 166 Å². The lowest BCUT2D eigenvalue weighted by Gasteiger charge is -2.30. The molecule has 0 aliphatic carbocycles. The molecule has 2 aliphatic rings. The summed E-state index contributed by atoms with van der Waals surface area (Å²) < 4.78 is 24.2. The predicted octanol–water partition coefficient (Wildman–Crippen LogP) is 3.90. The second-order valence-electron chi connectivity index (χ2n) is 8.73. The summed E-state index contributed by atoms with van der Waals surface area (Å²) in [5.74, 6) is 0.152. The van der Waals surface area contributed by atoms with Crippen molar-refractivity contribution in [1.82, 2.24) is 4.90 Å². The minimum absolute atomic E-state index is 0.0650. The molecule has 0 fully saturated rings. The van der Waals surface area contributed by atoms with Crippen LogP contribution in [0.4, 0.5) is 10.5 Å². The average molecular weight is 399 g/mol. The Kier molecular flexibility index (Phi) is 4.49. The zero-order valence-electron chi connectivity index (χ0n) is 16.6. The Hall–Kier alpha value is -2.34. The number of urea groups is 1. The third-order valence-electron chi connectivity index (χ3n) is 5.67. The summed E-state index contributed by atoms with van der Waals surface area (Å²) in [7, 11) is -3.21. The lowest BCUT2D eigenvalue weighted by Crippen LogP contribution is -2.39. The zero-order chi connectivity index (χ0) is 20.1. The van der Waals surface area contributed by atoms with Gasteiger partial charge in [0.1, 0.15) is 0 Å². The highest BCUT2D eigenvalue weighted by molar-refractivity contribution is 7.91. The highest BCUT2D eigenvalue weighted by atomic mass is 32.2. The molecule has 2 aliphatic heterocycles. The molecule has 4 rings (SSSR count). The predicted molar refractivity (Wildman–Crippen MR) is 110 cm³/mol. The maximum atomic E-state index is 12.8. The van der Waals surface area contributed by atoms with Crippen LogP contribution in [0, 0.1) is 0 Å². The van der Waals surface area contributed by atoms with E-state index in [0.717, 1.165) is 12.0 Å². The molecule has 0 spiro atoms. The van der Waals surface area contributed by atoms with E-state index < -0.39 is 9.84 Å². The average Bonchev–Trinajstić information content (AvgIpc) is 2.94. The van der Waals surface area contributed by atoms with Crippen molar-refractivity contribution >= 4 is 21.6 Å². The Balaban J connectivity index is 1.52. The number of nitrogens with one attached hydrogen (secondary N) is 1. The van der Waals surface area contributed by atoms with Crippen LogP contribution >= 0.6 is 0 Å². The minimum Gasteiger partial charge on any atom is -0.320 e. The van der Waals surface area contributed by atoms with Gasteiger partial charge in [-0.25, -0.2) is 13.2 Å². The summed E-state index contributed by atoms with van der Waals surface area (Å²) in [6.07, 6.45) is 1.37. The van der Waals surface area contributed by atoms with Gasteiger partial charge in [-0.15, -0.1) is 0 Å². The van der Waals surface area contributed by atoms with Crippen molar-refractivity contribution in [3.05, 3.63) is 58.7 Å². The number of fused-ring (bicyclic) bond motifs is 2. The van der Waals surface area contributed by atoms with Gasteiger partial charge in [0.05, 0.1) is 10.6 Å². The number of sulfone groups is 1. The number of rotatable bonds is 1. The fourth-order valence-corrected chi connectivity index (χ4v) is 5.47. The highest BCUT2D eigenvalue weighted by Gasteiger charge is 2.27. The summed E-state index contributed by atoms with van der Waals surface area (Å²) in [5.41, 5.74) is 5.17. The van der Waals surface area contributed by atoms with E-state index >= 15 is 0 Å². The molecule has 2 amide bonds. The van der Waals surface area contributed by atoms with E-state index in [9.17, 15) is 13.2 Å². The van der Waals surface area contributed by atoms with Crippen LogP contribution in [0.3, 0.4) is 0 Å². The molecule has 1 N–H and O–H groups in total. The van der Waals surface area contributed by atoms with Crippen LogP contribution in [0.15, 0.2) is 41.3 Å². The number of aryl methyl sites for hydroxylation is 1. The number of benzene rings is 2. The first kappa shape index (κ1) is 19.0. The molecular weight excluding hydrogens is 372 g/mol. The largest absolute Gasteiger partial charge is 0.322 e. The molecule has 0 bridgehead atoms. The summed E-state index contributed by atoms with van der Waals surface area (Å²) in [4.78, 5) is 14.9. The second kappa shape index (κ2) is 6.62. The van der Waals surface area contributed by atoms with Gasteiger partial charge in [-0.1, -0.05) is 45.0 Å². The maximum Gasteiger partial charge on any atom is 0.322 e. The quantitative estimate of drug-likeness (QED) is 0.792. The van der Waals surface area contributed by atoms with Gasteiger partial charge in [-0.3, -0.25) is 0 Å². The zero-order valence-corrected chi connectivity index (χ0v) is 17.4. The molecule has 0 saturated heterocycles. The molecule has 5 nitrogen and oxygen atoms in total. The van der Waals surface area contributed by atoms with Crippen molar-refractivity contribution in [1.29, 1.82) is 0 Å². The Morgan fingerprint density at radius 3 is 2.50 bits per heavy atom. The van der Waals surface area contributed by atoms with Gasteiger partial charge in [0, 0.05) is 18.8 Å². The molecule has 2 aromatic rings. The Morgan fingerprint density at radius 2 is 1.75 bits per heavy atom. The van der Waals surface area contributed by atoms with Crippen molar-refractivity contribution in [2.24, 2.45) is 0 Å². The first-order valence-electron chi connectivity index (χ1n) is 9.67. The number of carbonyl (C=O) groups is 1. The van der Waals surface area contributed by atoms with Crippen LogP contribution in [0.2, 0.25) is 0 Å². The maximum absolute atomic E-state index is 12.8. The van der Waals surface area contributed by atoms with Crippen LogP contribution in [-0.2, 0) is 34.6 Å². The molecule has 0 radical (unpaired) electrons. The Morgan fingerprint density at radius 1 is 1.00 bits per heavy atom. The number of amides is 2. The molecule has 2 heterocycles. The lowest BCUT2D eigenvalue weighted by molar-refractivity contribution is 0.206. The number of hydrogen-bond acceptors (Lipinski definition) is 3. The van der Waals surface area contributed by atoms with Gasteiger partial charge >= 0.3 is 6.03 Å². The molecule has 6 heteroatoms. The second-order valence-corrected chi connectivity index (χ2v) is 10.8. The van der Waals surface area contributed by atoms with Crippen LogP contribution in [0.25, 0.3) is 0 Å². The van der Waals surface area contributed by atoms with Crippen molar-refractivity contribution in [2.75, 3.05) is 17.6 Å². The van der Waals surface area contributed by atoms with Crippen LogP contribution < -0.4 is 5.32 Å². The molecule has 0 saturated carbocycles. The van der Waals surface area contributed by atoms with Crippen LogP contribution in [0.5, 0.6) is 0 Å².